The summed E-state index contributed by atoms with van der Waals surface area (Å²) in [6.07, 6.45) is 1.08. The van der Waals surface area contributed by atoms with Crippen LogP contribution in [-0.2, 0) is 16.0 Å². The molecule has 0 unspecified atom stereocenters. The van der Waals surface area contributed by atoms with Crippen LogP contribution in [0, 0.1) is 0 Å². The van der Waals surface area contributed by atoms with Crippen LogP contribution in [0.2, 0.25) is 0 Å². The lowest BCUT2D eigenvalue weighted by Crippen LogP contribution is -2.27. The van der Waals surface area contributed by atoms with Crippen molar-refractivity contribution < 1.29 is 9.59 Å². The number of hydrogen-bond acceptors (Lipinski definition) is 2. The molecule has 100 valence electrons. The minimum atomic E-state index is -0.384. The lowest BCUT2D eigenvalue weighted by Gasteiger charge is -2.19. The van der Waals surface area contributed by atoms with Crippen molar-refractivity contribution in [3.63, 3.8) is 0 Å². The molecule has 0 aliphatic carbocycles. The molecular weight excluding hydrogens is 250 g/mol. The van der Waals surface area contributed by atoms with E-state index in [2.05, 4.69) is 12.1 Å². The molecule has 0 N–H and O–H groups in total. The Balaban J connectivity index is 1.93. The van der Waals surface area contributed by atoms with Gasteiger partial charge in [-0.3, -0.25) is 9.59 Å². The van der Waals surface area contributed by atoms with Crippen LogP contribution in [-0.4, -0.2) is 18.2 Å². The maximum atomic E-state index is 11.9. The van der Waals surface area contributed by atoms with Gasteiger partial charge in [0.05, 0.1) is 0 Å². The van der Waals surface area contributed by atoms with Crippen LogP contribution in [0.1, 0.15) is 17.5 Å². The van der Waals surface area contributed by atoms with Crippen molar-refractivity contribution in [2.45, 2.75) is 12.8 Å². The molecule has 1 aliphatic heterocycles. The molecule has 3 heteroatoms. The molecule has 0 saturated carbocycles. The van der Waals surface area contributed by atoms with Crippen LogP contribution < -0.4 is 4.90 Å². The van der Waals surface area contributed by atoms with Crippen molar-refractivity contribution in [2.75, 3.05) is 11.4 Å². The molecular formula is C17H15NO2. The second-order valence-electron chi connectivity index (χ2n) is 4.92. The minimum Gasteiger partial charge on any atom is -0.305 e. The lowest BCUT2D eigenvalue weighted by atomic mass is 10.0. The summed E-state index contributed by atoms with van der Waals surface area (Å²) in [6.45, 7) is 0.490. The fourth-order valence-corrected chi connectivity index (χ4v) is 2.54. The highest BCUT2D eigenvalue weighted by Gasteiger charge is 2.31. The van der Waals surface area contributed by atoms with E-state index in [1.165, 1.54) is 5.56 Å². The summed E-state index contributed by atoms with van der Waals surface area (Å²) in [5, 5.41) is 0. The number of hydrogen-bond donors (Lipinski definition) is 0. The maximum Gasteiger partial charge on any atom is 0.294 e. The predicted molar refractivity (Wildman–Crippen MR) is 77.7 cm³/mol. The Hall–Kier alpha value is -2.42. The number of rotatable bonds is 3. The number of nitrogens with zero attached hydrogens (tertiary/aromatic N) is 1. The van der Waals surface area contributed by atoms with E-state index >= 15 is 0 Å². The largest absolute Gasteiger partial charge is 0.305 e. The summed E-state index contributed by atoms with van der Waals surface area (Å²) < 4.78 is 0. The zero-order chi connectivity index (χ0) is 13.9. The van der Waals surface area contributed by atoms with E-state index in [0.29, 0.717) is 13.0 Å². The Kier molecular flexibility index (Phi) is 3.33. The van der Waals surface area contributed by atoms with Gasteiger partial charge in [0.25, 0.3) is 5.91 Å². The van der Waals surface area contributed by atoms with Gasteiger partial charge in [-0.2, -0.15) is 0 Å². The number of carbonyl (C=O) groups is 2. The molecule has 2 aromatic carbocycles. The van der Waals surface area contributed by atoms with Crippen LogP contribution >= 0.6 is 0 Å². The molecule has 1 heterocycles. The molecule has 20 heavy (non-hydrogen) atoms. The third-order valence-electron chi connectivity index (χ3n) is 3.57. The van der Waals surface area contributed by atoms with E-state index in [4.69, 9.17) is 0 Å². The van der Waals surface area contributed by atoms with E-state index in [1.54, 1.807) is 4.90 Å². The Morgan fingerprint density at radius 1 is 0.900 bits per heavy atom. The predicted octanol–water partition coefficient (Wildman–Crippen LogP) is 2.58. The zero-order valence-electron chi connectivity index (χ0n) is 11.1. The summed E-state index contributed by atoms with van der Waals surface area (Å²) in [6, 6.07) is 17.9. The SMILES string of the molecule is O=C1CCN(c2ccccc2Cc2ccccc2)C1=O. The third-order valence-corrected chi connectivity index (χ3v) is 3.57. The Morgan fingerprint density at radius 2 is 1.60 bits per heavy atom. The Morgan fingerprint density at radius 3 is 2.30 bits per heavy atom. The lowest BCUT2D eigenvalue weighted by molar-refractivity contribution is -0.133. The standard InChI is InChI=1S/C17H15NO2/c19-16-10-11-18(17(16)20)15-9-5-4-8-14(15)12-13-6-2-1-3-7-13/h1-9H,10-12H2. The van der Waals surface area contributed by atoms with Crippen LogP contribution in [0.5, 0.6) is 0 Å². The Labute approximate surface area is 117 Å². The van der Waals surface area contributed by atoms with Gasteiger partial charge < -0.3 is 4.90 Å². The average Bonchev–Trinajstić information content (AvgIpc) is 2.81. The number of benzene rings is 2. The van der Waals surface area contributed by atoms with Crippen LogP contribution in [0.25, 0.3) is 0 Å². The molecule has 0 radical (unpaired) electrons. The number of carbonyl (C=O) groups excluding carboxylic acids is 2. The molecule has 1 saturated heterocycles. The van der Waals surface area contributed by atoms with Gasteiger partial charge in [0.15, 0.2) is 0 Å². The normalized spacial score (nSPS) is 14.9. The number of Topliss-reactive ketones (excluding diaryl/α,β-unsaturated/α-hetero) is 1. The highest BCUT2D eigenvalue weighted by molar-refractivity contribution is 6.43. The maximum absolute atomic E-state index is 11.9. The van der Waals surface area contributed by atoms with Gasteiger partial charge in [0, 0.05) is 18.7 Å². The first kappa shape index (κ1) is 12.6. The highest BCUT2D eigenvalue weighted by Crippen LogP contribution is 2.26. The monoisotopic (exact) mass is 265 g/mol. The van der Waals surface area contributed by atoms with E-state index in [1.807, 2.05) is 42.5 Å². The van der Waals surface area contributed by atoms with E-state index in [9.17, 15) is 9.59 Å². The van der Waals surface area contributed by atoms with Crippen molar-refractivity contribution >= 4 is 17.4 Å². The summed E-state index contributed by atoms with van der Waals surface area (Å²) in [5.41, 5.74) is 3.12. The van der Waals surface area contributed by atoms with Gasteiger partial charge in [-0.25, -0.2) is 0 Å². The zero-order valence-corrected chi connectivity index (χ0v) is 11.1. The summed E-state index contributed by atoms with van der Waals surface area (Å²) >= 11 is 0. The van der Waals surface area contributed by atoms with Gasteiger partial charge in [-0.05, 0) is 23.6 Å². The smallest absolute Gasteiger partial charge is 0.294 e. The molecule has 0 atom stereocenters. The number of ketones is 1. The van der Waals surface area contributed by atoms with Crippen LogP contribution in [0.15, 0.2) is 54.6 Å². The first-order valence-corrected chi connectivity index (χ1v) is 6.72. The first-order valence-electron chi connectivity index (χ1n) is 6.72. The number of amides is 1. The molecule has 1 aliphatic rings. The summed E-state index contributed by atoms with van der Waals surface area (Å²) in [4.78, 5) is 24.9. The molecule has 1 amide bonds. The molecule has 1 fully saturated rings. The minimum absolute atomic E-state index is 0.292. The number of anilines is 1. The Bertz CT molecular complexity index is 649. The quantitative estimate of drug-likeness (QED) is 0.800. The van der Waals surface area contributed by atoms with Crippen molar-refractivity contribution in [1.29, 1.82) is 0 Å². The molecule has 3 nitrogen and oxygen atoms in total. The van der Waals surface area contributed by atoms with Crippen LogP contribution in [0.3, 0.4) is 0 Å². The van der Waals surface area contributed by atoms with E-state index in [0.717, 1.165) is 17.7 Å². The van der Waals surface area contributed by atoms with Gasteiger partial charge in [-0.15, -0.1) is 0 Å². The van der Waals surface area contributed by atoms with Crippen molar-refractivity contribution in [1.82, 2.24) is 0 Å². The topological polar surface area (TPSA) is 37.4 Å². The van der Waals surface area contributed by atoms with E-state index in [-0.39, 0.29) is 11.7 Å². The second-order valence-corrected chi connectivity index (χ2v) is 4.92. The second kappa shape index (κ2) is 5.29. The van der Waals surface area contributed by atoms with Gasteiger partial charge in [0.2, 0.25) is 5.78 Å². The molecule has 0 spiro atoms. The van der Waals surface area contributed by atoms with Gasteiger partial charge in [0.1, 0.15) is 0 Å². The summed E-state index contributed by atoms with van der Waals surface area (Å²) in [5.74, 6) is -0.676. The fourth-order valence-electron chi connectivity index (χ4n) is 2.54. The number of para-hydroxylation sites is 1. The van der Waals surface area contributed by atoms with Crippen molar-refractivity contribution in [3.8, 4) is 0 Å². The van der Waals surface area contributed by atoms with Crippen molar-refractivity contribution in [2.24, 2.45) is 0 Å². The van der Waals surface area contributed by atoms with Crippen molar-refractivity contribution in [3.05, 3.63) is 65.7 Å². The first-order chi connectivity index (χ1) is 9.75. The fraction of sp³-hybridized carbons (Fsp3) is 0.176. The average molecular weight is 265 g/mol. The van der Waals surface area contributed by atoms with Crippen LogP contribution in [0.4, 0.5) is 5.69 Å². The van der Waals surface area contributed by atoms with Gasteiger partial charge >= 0.3 is 0 Å². The molecule has 0 aromatic heterocycles. The summed E-state index contributed by atoms with van der Waals surface area (Å²) in [7, 11) is 0. The molecule has 3 rings (SSSR count). The van der Waals surface area contributed by atoms with E-state index < -0.39 is 0 Å². The van der Waals surface area contributed by atoms with Gasteiger partial charge in [-0.1, -0.05) is 48.5 Å². The molecule has 0 bridgehead atoms. The molecule has 2 aromatic rings. The highest BCUT2D eigenvalue weighted by atomic mass is 16.2. The third kappa shape index (κ3) is 2.35.